The van der Waals surface area contributed by atoms with E-state index in [-0.39, 0.29) is 18.6 Å². The summed E-state index contributed by atoms with van der Waals surface area (Å²) in [6, 6.07) is 13.0. The molecule has 0 aliphatic heterocycles. The Hall–Kier alpha value is -3.19. The first kappa shape index (κ1) is 21.1. The van der Waals surface area contributed by atoms with Gasteiger partial charge in [-0.25, -0.2) is 0 Å². The molecule has 0 spiro atoms. The van der Waals surface area contributed by atoms with Gasteiger partial charge in [0.05, 0.1) is 6.42 Å². The van der Waals surface area contributed by atoms with Crippen LogP contribution >= 0.6 is 11.6 Å². The fourth-order valence-corrected chi connectivity index (χ4v) is 2.33. The number of ether oxygens (including phenoxy) is 1. The van der Waals surface area contributed by atoms with E-state index in [9.17, 15) is 19.2 Å². The maximum atomic E-state index is 11.9. The number of amides is 2. The van der Waals surface area contributed by atoms with E-state index in [1.807, 2.05) is 0 Å². The minimum Gasteiger partial charge on any atom is -0.456 e. The van der Waals surface area contributed by atoms with Crippen molar-refractivity contribution in [2.45, 2.75) is 19.8 Å². The molecule has 0 saturated heterocycles. The van der Waals surface area contributed by atoms with Crippen LogP contribution in [-0.4, -0.2) is 30.2 Å². The number of ketones is 1. The molecule has 2 rings (SSSR count). The van der Waals surface area contributed by atoms with Gasteiger partial charge in [0.15, 0.2) is 12.4 Å². The van der Waals surface area contributed by atoms with Crippen LogP contribution in [0.25, 0.3) is 0 Å². The molecular weight excluding hydrogens is 384 g/mol. The summed E-state index contributed by atoms with van der Waals surface area (Å²) in [7, 11) is 0. The summed E-state index contributed by atoms with van der Waals surface area (Å²) in [6.07, 6.45) is -0.283. The molecule has 0 atom stereocenters. The molecule has 2 amide bonds. The number of carbonyl (C=O) groups excluding carboxylic acids is 4. The predicted octanol–water partition coefficient (Wildman–Crippen LogP) is 3.44. The number of esters is 1. The minimum absolute atomic E-state index is 0.109. The first-order valence-electron chi connectivity index (χ1n) is 8.45. The van der Waals surface area contributed by atoms with Crippen LogP contribution in [0.1, 0.15) is 30.1 Å². The SMILES string of the molecule is CC(=O)c1cccc(NC(=O)CCC(=O)OCC(=O)Nc2ccc(Cl)cc2)c1. The van der Waals surface area contributed by atoms with Crippen molar-refractivity contribution in [3.8, 4) is 0 Å². The molecule has 28 heavy (non-hydrogen) atoms. The Kier molecular flexibility index (Phi) is 7.71. The lowest BCUT2D eigenvalue weighted by atomic mass is 10.1. The van der Waals surface area contributed by atoms with Gasteiger partial charge in [-0.3, -0.25) is 19.2 Å². The Morgan fingerprint density at radius 1 is 0.893 bits per heavy atom. The highest BCUT2D eigenvalue weighted by molar-refractivity contribution is 6.30. The molecule has 0 radical (unpaired) electrons. The zero-order valence-electron chi connectivity index (χ0n) is 15.2. The van der Waals surface area contributed by atoms with Gasteiger partial charge in [0.1, 0.15) is 0 Å². The van der Waals surface area contributed by atoms with Crippen molar-refractivity contribution in [1.82, 2.24) is 0 Å². The number of carbonyl (C=O) groups is 4. The van der Waals surface area contributed by atoms with Crippen LogP contribution < -0.4 is 10.6 Å². The fourth-order valence-electron chi connectivity index (χ4n) is 2.20. The highest BCUT2D eigenvalue weighted by Gasteiger charge is 2.11. The molecule has 0 aromatic heterocycles. The van der Waals surface area contributed by atoms with Crippen molar-refractivity contribution in [3.63, 3.8) is 0 Å². The molecular formula is C20H19ClN2O5. The maximum absolute atomic E-state index is 11.9. The average molecular weight is 403 g/mol. The molecule has 7 nitrogen and oxygen atoms in total. The number of nitrogens with one attached hydrogen (secondary N) is 2. The van der Waals surface area contributed by atoms with E-state index < -0.39 is 24.4 Å². The monoisotopic (exact) mass is 402 g/mol. The van der Waals surface area contributed by atoms with Gasteiger partial charge in [-0.1, -0.05) is 23.7 Å². The lowest BCUT2D eigenvalue weighted by Gasteiger charge is -2.08. The third-order valence-electron chi connectivity index (χ3n) is 3.60. The van der Waals surface area contributed by atoms with Gasteiger partial charge in [0.2, 0.25) is 5.91 Å². The van der Waals surface area contributed by atoms with Crippen molar-refractivity contribution < 1.29 is 23.9 Å². The molecule has 0 bridgehead atoms. The van der Waals surface area contributed by atoms with Crippen LogP contribution in [0.4, 0.5) is 11.4 Å². The summed E-state index contributed by atoms with van der Waals surface area (Å²) in [5.41, 5.74) is 1.47. The zero-order valence-corrected chi connectivity index (χ0v) is 15.9. The second kappa shape index (κ2) is 10.2. The van der Waals surface area contributed by atoms with Gasteiger partial charge < -0.3 is 15.4 Å². The van der Waals surface area contributed by atoms with Crippen LogP contribution in [0.15, 0.2) is 48.5 Å². The van der Waals surface area contributed by atoms with Gasteiger partial charge in [0.25, 0.3) is 5.91 Å². The topological polar surface area (TPSA) is 102 Å². The molecule has 8 heteroatoms. The molecule has 0 unspecified atom stereocenters. The highest BCUT2D eigenvalue weighted by Crippen LogP contribution is 2.13. The summed E-state index contributed by atoms with van der Waals surface area (Å²) < 4.78 is 4.85. The number of hydrogen-bond acceptors (Lipinski definition) is 5. The number of hydrogen-bond donors (Lipinski definition) is 2. The molecule has 2 N–H and O–H groups in total. The molecule has 0 aliphatic carbocycles. The standard InChI is InChI=1S/C20H19ClN2O5/c1-13(24)14-3-2-4-17(11-14)23-18(25)9-10-20(27)28-12-19(26)22-16-7-5-15(21)6-8-16/h2-8,11H,9-10,12H2,1H3,(H,22,26)(H,23,25). The zero-order chi connectivity index (χ0) is 20.5. The van der Waals surface area contributed by atoms with E-state index in [0.717, 1.165) is 0 Å². The molecule has 2 aromatic carbocycles. The number of Topliss-reactive ketones (excluding diaryl/α,β-unsaturated/α-hetero) is 1. The number of anilines is 2. The van der Waals surface area contributed by atoms with Crippen LogP contribution in [0.5, 0.6) is 0 Å². The van der Waals surface area contributed by atoms with Crippen LogP contribution in [0.2, 0.25) is 5.02 Å². The smallest absolute Gasteiger partial charge is 0.306 e. The van der Waals surface area contributed by atoms with E-state index in [4.69, 9.17) is 16.3 Å². The van der Waals surface area contributed by atoms with Crippen molar-refractivity contribution in [1.29, 1.82) is 0 Å². The molecule has 0 heterocycles. The van der Waals surface area contributed by atoms with Gasteiger partial charge in [0, 0.05) is 28.4 Å². The Balaban J connectivity index is 1.70. The van der Waals surface area contributed by atoms with Gasteiger partial charge >= 0.3 is 5.97 Å². The quantitative estimate of drug-likeness (QED) is 0.520. The third-order valence-corrected chi connectivity index (χ3v) is 3.85. The van der Waals surface area contributed by atoms with Crippen molar-refractivity contribution in [3.05, 3.63) is 59.1 Å². The van der Waals surface area contributed by atoms with Gasteiger partial charge in [-0.15, -0.1) is 0 Å². The Morgan fingerprint density at radius 2 is 1.57 bits per heavy atom. The predicted molar refractivity (Wildman–Crippen MR) is 105 cm³/mol. The van der Waals surface area contributed by atoms with Crippen LogP contribution in [0, 0.1) is 0 Å². The molecule has 0 saturated carbocycles. The normalized spacial score (nSPS) is 10.1. The van der Waals surface area contributed by atoms with E-state index in [2.05, 4.69) is 10.6 Å². The summed E-state index contributed by atoms with van der Waals surface area (Å²) in [4.78, 5) is 46.7. The van der Waals surface area contributed by atoms with E-state index in [0.29, 0.717) is 22.0 Å². The average Bonchev–Trinajstić information content (AvgIpc) is 2.66. The Labute approximate surface area is 167 Å². The number of benzene rings is 2. The summed E-state index contributed by atoms with van der Waals surface area (Å²) in [6.45, 7) is 0.976. The van der Waals surface area contributed by atoms with Crippen molar-refractivity contribution >= 4 is 46.5 Å². The number of halogens is 1. The van der Waals surface area contributed by atoms with Crippen molar-refractivity contribution in [2.24, 2.45) is 0 Å². The number of rotatable bonds is 8. The molecule has 2 aromatic rings. The summed E-state index contributed by atoms with van der Waals surface area (Å²) in [5.74, 6) is -1.68. The highest BCUT2D eigenvalue weighted by atomic mass is 35.5. The van der Waals surface area contributed by atoms with Gasteiger partial charge in [-0.05, 0) is 43.3 Å². The first-order chi connectivity index (χ1) is 13.3. The Morgan fingerprint density at radius 3 is 2.25 bits per heavy atom. The molecule has 0 aliphatic rings. The van der Waals surface area contributed by atoms with Crippen molar-refractivity contribution in [2.75, 3.05) is 17.2 Å². The molecule has 146 valence electrons. The minimum atomic E-state index is -0.668. The maximum Gasteiger partial charge on any atom is 0.306 e. The van der Waals surface area contributed by atoms with Gasteiger partial charge in [-0.2, -0.15) is 0 Å². The summed E-state index contributed by atoms with van der Waals surface area (Å²) in [5, 5.41) is 5.70. The third kappa shape index (κ3) is 7.20. The lowest BCUT2D eigenvalue weighted by Crippen LogP contribution is -2.21. The lowest BCUT2D eigenvalue weighted by molar-refractivity contribution is -0.147. The second-order valence-corrected chi connectivity index (χ2v) is 6.34. The van der Waals surface area contributed by atoms with Crippen LogP contribution in [-0.2, 0) is 19.1 Å². The summed E-state index contributed by atoms with van der Waals surface area (Å²) >= 11 is 5.75. The van der Waals surface area contributed by atoms with E-state index in [1.54, 1.807) is 48.5 Å². The van der Waals surface area contributed by atoms with E-state index >= 15 is 0 Å². The Bertz CT molecular complexity index is 880. The first-order valence-corrected chi connectivity index (χ1v) is 8.83. The van der Waals surface area contributed by atoms with E-state index in [1.165, 1.54) is 6.92 Å². The van der Waals surface area contributed by atoms with Crippen LogP contribution in [0.3, 0.4) is 0 Å². The fraction of sp³-hybridized carbons (Fsp3) is 0.200. The largest absolute Gasteiger partial charge is 0.456 e. The second-order valence-electron chi connectivity index (χ2n) is 5.90. The molecule has 0 fully saturated rings.